The maximum absolute atomic E-state index is 13.0. The molecular weight excluding hydrogens is 332 g/mol. The van der Waals surface area contributed by atoms with E-state index in [1.807, 2.05) is 13.8 Å². The number of nitrogens with zero attached hydrogens (tertiary/aromatic N) is 1. The van der Waals surface area contributed by atoms with Gasteiger partial charge in [-0.05, 0) is 25.7 Å². The molecule has 3 rings (SSSR count). The van der Waals surface area contributed by atoms with Gasteiger partial charge in [-0.2, -0.15) is 0 Å². The number of allylic oxidation sites excluding steroid dienone is 4. The number of nitro benzene ring substituents is 1. The molecule has 1 aromatic rings. The van der Waals surface area contributed by atoms with Gasteiger partial charge in [0.1, 0.15) is 0 Å². The summed E-state index contributed by atoms with van der Waals surface area (Å²) in [6, 6.07) is 6.35. The summed E-state index contributed by atoms with van der Waals surface area (Å²) in [6.07, 6.45) is 1.02. The maximum Gasteiger partial charge on any atom is 0.273 e. The van der Waals surface area contributed by atoms with Crippen LogP contribution >= 0.6 is 0 Å². The monoisotopic (exact) mass is 354 g/mol. The minimum absolute atomic E-state index is 0.0573. The molecule has 1 unspecified atom stereocenters. The number of hydrogen-bond acceptors (Lipinski definition) is 5. The Hall–Kier alpha value is -2.76. The number of nitro groups is 1. The van der Waals surface area contributed by atoms with Crippen LogP contribution in [0.4, 0.5) is 5.69 Å². The van der Waals surface area contributed by atoms with Crippen molar-refractivity contribution in [1.82, 2.24) is 5.32 Å². The highest BCUT2D eigenvalue weighted by atomic mass is 16.6. The van der Waals surface area contributed by atoms with Crippen molar-refractivity contribution in [1.29, 1.82) is 0 Å². The fraction of sp³-hybridized carbons (Fsp3) is 0.400. The first kappa shape index (κ1) is 18.0. The summed E-state index contributed by atoms with van der Waals surface area (Å²) in [6.45, 7) is 7.27. The minimum atomic E-state index is -0.700. The van der Waals surface area contributed by atoms with Crippen LogP contribution in [0.3, 0.4) is 0 Å². The average molecular weight is 354 g/mol. The Balaban J connectivity index is 2.28. The summed E-state index contributed by atoms with van der Waals surface area (Å²) in [5, 5.41) is 14.8. The first-order chi connectivity index (χ1) is 12.1. The molecule has 0 radical (unpaired) electrons. The van der Waals surface area contributed by atoms with Gasteiger partial charge in [-0.3, -0.25) is 19.7 Å². The normalized spacial score (nSPS) is 22.0. The molecule has 0 fully saturated rings. The number of hydrogen-bond donors (Lipinski definition) is 1. The maximum atomic E-state index is 13.0. The summed E-state index contributed by atoms with van der Waals surface area (Å²) in [5.41, 5.74) is 2.48. The third kappa shape index (κ3) is 2.96. The smallest absolute Gasteiger partial charge is 0.273 e. The number of Topliss-reactive ketones (excluding diaryl/α,β-unsaturated/α-hetero) is 2. The number of ketones is 2. The Morgan fingerprint density at radius 3 is 2.54 bits per heavy atom. The Labute approximate surface area is 152 Å². The van der Waals surface area contributed by atoms with Crippen molar-refractivity contribution in [3.05, 3.63) is 62.5 Å². The Morgan fingerprint density at radius 2 is 1.92 bits per heavy atom. The number of benzene rings is 1. The second-order valence-corrected chi connectivity index (χ2v) is 7.80. The topological polar surface area (TPSA) is 89.3 Å². The zero-order valence-corrected chi connectivity index (χ0v) is 15.4. The van der Waals surface area contributed by atoms with Crippen LogP contribution in [0, 0.1) is 15.5 Å². The largest absolute Gasteiger partial charge is 0.362 e. The standard InChI is InChI=1S/C20H22N2O4/c1-11-17(12(2)23)18(13-7-5-6-8-15(13)22(25)26)19-14(21-11)9-20(3,4)10-16(19)24/h5-8,18,21H,9-10H2,1-4H3. The van der Waals surface area contributed by atoms with E-state index in [4.69, 9.17) is 0 Å². The molecule has 0 amide bonds. The van der Waals surface area contributed by atoms with E-state index in [0.29, 0.717) is 35.2 Å². The molecule has 1 heterocycles. The van der Waals surface area contributed by atoms with Gasteiger partial charge in [0, 0.05) is 40.6 Å². The summed E-state index contributed by atoms with van der Waals surface area (Å²) in [4.78, 5) is 36.5. The van der Waals surface area contributed by atoms with Crippen molar-refractivity contribution < 1.29 is 14.5 Å². The Bertz CT molecular complexity index is 893. The zero-order chi connectivity index (χ0) is 19.2. The number of carbonyl (C=O) groups is 2. The van der Waals surface area contributed by atoms with Crippen LogP contribution in [0.2, 0.25) is 0 Å². The van der Waals surface area contributed by atoms with Gasteiger partial charge < -0.3 is 5.32 Å². The van der Waals surface area contributed by atoms with Crippen LogP contribution in [-0.2, 0) is 9.59 Å². The van der Waals surface area contributed by atoms with E-state index in [1.54, 1.807) is 25.1 Å². The molecule has 26 heavy (non-hydrogen) atoms. The van der Waals surface area contributed by atoms with Gasteiger partial charge in [-0.1, -0.05) is 32.0 Å². The number of para-hydroxylation sites is 1. The van der Waals surface area contributed by atoms with E-state index in [-0.39, 0.29) is 22.7 Å². The number of rotatable bonds is 3. The quantitative estimate of drug-likeness (QED) is 0.659. The summed E-state index contributed by atoms with van der Waals surface area (Å²) in [5.74, 6) is -0.950. The van der Waals surface area contributed by atoms with Gasteiger partial charge in [-0.15, -0.1) is 0 Å². The number of carbonyl (C=O) groups excluding carboxylic acids is 2. The lowest BCUT2D eigenvalue weighted by molar-refractivity contribution is -0.385. The van der Waals surface area contributed by atoms with Crippen LogP contribution in [-0.4, -0.2) is 16.5 Å². The number of nitrogens with one attached hydrogen (secondary N) is 1. The van der Waals surface area contributed by atoms with Crippen molar-refractivity contribution in [2.75, 3.05) is 0 Å². The first-order valence-corrected chi connectivity index (χ1v) is 8.60. The molecular formula is C20H22N2O4. The van der Waals surface area contributed by atoms with Crippen LogP contribution in [0.5, 0.6) is 0 Å². The van der Waals surface area contributed by atoms with E-state index in [9.17, 15) is 19.7 Å². The Kier molecular flexibility index (Phi) is 4.30. The summed E-state index contributed by atoms with van der Waals surface area (Å²) < 4.78 is 0. The molecule has 1 aliphatic heterocycles. The van der Waals surface area contributed by atoms with E-state index in [0.717, 1.165) is 5.70 Å². The van der Waals surface area contributed by atoms with Crippen LogP contribution in [0.15, 0.2) is 46.8 Å². The lowest BCUT2D eigenvalue weighted by Gasteiger charge is -2.39. The fourth-order valence-corrected chi connectivity index (χ4v) is 4.11. The zero-order valence-electron chi connectivity index (χ0n) is 15.4. The predicted molar refractivity (Wildman–Crippen MR) is 97.4 cm³/mol. The molecule has 0 spiro atoms. The highest BCUT2D eigenvalue weighted by molar-refractivity contribution is 6.05. The van der Waals surface area contributed by atoms with Gasteiger partial charge >= 0.3 is 0 Å². The van der Waals surface area contributed by atoms with Crippen molar-refractivity contribution in [2.45, 2.75) is 46.5 Å². The summed E-state index contributed by atoms with van der Waals surface area (Å²) >= 11 is 0. The van der Waals surface area contributed by atoms with Crippen LogP contribution in [0.1, 0.15) is 52.0 Å². The van der Waals surface area contributed by atoms with Crippen LogP contribution < -0.4 is 5.32 Å². The molecule has 2 aliphatic rings. The third-order valence-electron chi connectivity index (χ3n) is 5.06. The van der Waals surface area contributed by atoms with E-state index in [2.05, 4.69) is 5.32 Å². The molecule has 1 aromatic carbocycles. The highest BCUT2D eigenvalue weighted by Gasteiger charge is 2.43. The molecule has 136 valence electrons. The molecule has 1 atom stereocenters. The molecule has 0 aromatic heterocycles. The molecule has 0 saturated heterocycles. The second kappa shape index (κ2) is 6.20. The van der Waals surface area contributed by atoms with Gasteiger partial charge in [-0.25, -0.2) is 0 Å². The van der Waals surface area contributed by atoms with Gasteiger partial charge in [0.15, 0.2) is 11.6 Å². The van der Waals surface area contributed by atoms with Crippen molar-refractivity contribution in [3.63, 3.8) is 0 Å². The van der Waals surface area contributed by atoms with E-state index < -0.39 is 10.8 Å². The minimum Gasteiger partial charge on any atom is -0.362 e. The van der Waals surface area contributed by atoms with Crippen LogP contribution in [0.25, 0.3) is 0 Å². The first-order valence-electron chi connectivity index (χ1n) is 8.60. The fourth-order valence-electron chi connectivity index (χ4n) is 4.11. The van der Waals surface area contributed by atoms with Gasteiger partial charge in [0.05, 0.1) is 10.8 Å². The number of dihydropyridines is 1. The van der Waals surface area contributed by atoms with Crippen molar-refractivity contribution in [3.8, 4) is 0 Å². The molecule has 0 bridgehead atoms. The highest BCUT2D eigenvalue weighted by Crippen LogP contribution is 2.48. The van der Waals surface area contributed by atoms with E-state index in [1.165, 1.54) is 13.0 Å². The van der Waals surface area contributed by atoms with Crippen molar-refractivity contribution >= 4 is 17.3 Å². The predicted octanol–water partition coefficient (Wildman–Crippen LogP) is 3.79. The Morgan fingerprint density at radius 1 is 1.27 bits per heavy atom. The lowest BCUT2D eigenvalue weighted by atomic mass is 9.68. The summed E-state index contributed by atoms with van der Waals surface area (Å²) in [7, 11) is 0. The SMILES string of the molecule is CC(=O)C1=C(C)NC2=C(C(=O)CC(C)(C)C2)C1c1ccccc1[N+](=O)[O-]. The molecule has 6 heteroatoms. The lowest BCUT2D eigenvalue weighted by Crippen LogP contribution is -2.38. The second-order valence-electron chi connectivity index (χ2n) is 7.80. The van der Waals surface area contributed by atoms with Gasteiger partial charge in [0.2, 0.25) is 0 Å². The third-order valence-corrected chi connectivity index (χ3v) is 5.06. The van der Waals surface area contributed by atoms with Gasteiger partial charge in [0.25, 0.3) is 5.69 Å². The molecule has 1 N–H and O–H groups in total. The molecule has 0 saturated carbocycles. The van der Waals surface area contributed by atoms with Crippen molar-refractivity contribution in [2.24, 2.45) is 5.41 Å². The molecule has 1 aliphatic carbocycles. The van der Waals surface area contributed by atoms with E-state index >= 15 is 0 Å². The average Bonchev–Trinajstić information content (AvgIpc) is 2.51. The molecule has 6 nitrogen and oxygen atoms in total.